The summed E-state index contributed by atoms with van der Waals surface area (Å²) in [6, 6.07) is 24.6. The first kappa shape index (κ1) is 28.2. The predicted molar refractivity (Wildman–Crippen MR) is 143 cm³/mol. The number of aromatic nitrogens is 3. The monoisotopic (exact) mass is 571 g/mol. The second kappa shape index (κ2) is 12.9. The molecule has 1 aromatic heterocycles. The van der Waals surface area contributed by atoms with E-state index in [1.54, 1.807) is 91.0 Å². The van der Waals surface area contributed by atoms with Gasteiger partial charge in [0.25, 0.3) is 0 Å². The molecule has 1 N–H and O–H groups in total. The molecule has 4 atom stereocenters. The highest BCUT2D eigenvalue weighted by atomic mass is 16.7. The Kier molecular flexibility index (Phi) is 8.64. The fourth-order valence-corrected chi connectivity index (χ4v) is 4.32. The number of aliphatic carboxylic acids is 1. The maximum absolute atomic E-state index is 13.2. The van der Waals surface area contributed by atoms with E-state index in [0.717, 1.165) is 0 Å². The number of rotatable bonds is 10. The van der Waals surface area contributed by atoms with Crippen molar-refractivity contribution in [3.8, 4) is 0 Å². The van der Waals surface area contributed by atoms with Crippen LogP contribution in [0, 0.1) is 0 Å². The van der Waals surface area contributed by atoms with Crippen molar-refractivity contribution in [2.24, 2.45) is 0 Å². The van der Waals surface area contributed by atoms with E-state index in [0.29, 0.717) is 5.56 Å². The van der Waals surface area contributed by atoms with Crippen LogP contribution in [0.15, 0.2) is 97.3 Å². The molecule has 2 heterocycles. The number of nitrogens with zero attached hydrogens (tertiary/aromatic N) is 3. The van der Waals surface area contributed by atoms with Crippen LogP contribution in [0.1, 0.15) is 43.1 Å². The summed E-state index contributed by atoms with van der Waals surface area (Å²) in [5.74, 6) is -3.26. The number of carbonyl (C=O) groups excluding carboxylic acids is 3. The van der Waals surface area contributed by atoms with Gasteiger partial charge in [-0.3, -0.25) is 4.79 Å². The summed E-state index contributed by atoms with van der Waals surface area (Å²) >= 11 is 0. The second-order valence-corrected chi connectivity index (χ2v) is 9.21. The topological polar surface area (TPSA) is 156 Å². The van der Waals surface area contributed by atoms with E-state index in [4.69, 9.17) is 24.1 Å². The zero-order valence-electron chi connectivity index (χ0n) is 22.0. The first-order valence-corrected chi connectivity index (χ1v) is 12.9. The van der Waals surface area contributed by atoms with Gasteiger partial charge in [-0.2, -0.15) is 5.10 Å². The lowest BCUT2D eigenvalue weighted by Gasteiger charge is -2.24. The highest BCUT2D eigenvalue weighted by molar-refractivity contribution is 5.91. The van der Waals surface area contributed by atoms with Crippen LogP contribution < -0.4 is 0 Å². The molecule has 1 aliphatic heterocycles. The summed E-state index contributed by atoms with van der Waals surface area (Å²) in [5, 5.41) is 13.3. The van der Waals surface area contributed by atoms with Gasteiger partial charge in [0.15, 0.2) is 24.3 Å². The van der Waals surface area contributed by atoms with Gasteiger partial charge in [0.2, 0.25) is 0 Å². The molecule has 1 aliphatic rings. The first-order chi connectivity index (χ1) is 20.4. The third-order valence-corrected chi connectivity index (χ3v) is 6.30. The summed E-state index contributed by atoms with van der Waals surface area (Å²) in [5.41, 5.74) is 0.763. The van der Waals surface area contributed by atoms with Crippen molar-refractivity contribution >= 4 is 23.9 Å². The Balaban J connectivity index is 1.46. The van der Waals surface area contributed by atoms with E-state index in [1.165, 1.54) is 11.0 Å². The van der Waals surface area contributed by atoms with Gasteiger partial charge in [0.1, 0.15) is 25.5 Å². The molecule has 3 aromatic carbocycles. The number of hydrogen-bond acceptors (Lipinski definition) is 10. The molecule has 0 aliphatic carbocycles. The molecule has 12 nitrogen and oxygen atoms in total. The van der Waals surface area contributed by atoms with Gasteiger partial charge in [-0.25, -0.2) is 24.0 Å². The van der Waals surface area contributed by atoms with Crippen LogP contribution in [0.3, 0.4) is 0 Å². The lowest BCUT2D eigenvalue weighted by Crippen LogP contribution is -2.41. The molecule has 5 rings (SSSR count). The fourth-order valence-electron chi connectivity index (χ4n) is 4.32. The molecule has 4 aromatic rings. The van der Waals surface area contributed by atoms with Crippen LogP contribution in [0.4, 0.5) is 0 Å². The van der Waals surface area contributed by atoms with Gasteiger partial charge in [0, 0.05) is 0 Å². The minimum absolute atomic E-state index is 0.0176. The van der Waals surface area contributed by atoms with Crippen molar-refractivity contribution in [2.75, 3.05) is 6.61 Å². The van der Waals surface area contributed by atoms with Crippen molar-refractivity contribution in [2.45, 2.75) is 31.0 Å². The number of hydrogen-bond donors (Lipinski definition) is 1. The van der Waals surface area contributed by atoms with E-state index < -0.39 is 54.8 Å². The van der Waals surface area contributed by atoms with E-state index in [-0.39, 0.29) is 23.6 Å². The van der Waals surface area contributed by atoms with Crippen molar-refractivity contribution in [1.29, 1.82) is 0 Å². The maximum Gasteiger partial charge on any atom is 0.338 e. The van der Waals surface area contributed by atoms with E-state index in [9.17, 15) is 19.2 Å². The molecule has 0 amide bonds. The molecule has 0 radical (unpaired) electrons. The number of benzene rings is 3. The summed E-state index contributed by atoms with van der Waals surface area (Å²) in [4.78, 5) is 54.2. The number of carbonyl (C=O) groups is 4. The standard InChI is InChI=1S/C30H25N3O9/c34-24(35)16-23-31-18-33(32-23)27-26(42-30(38)21-14-8-3-9-15-21)25(41-29(37)20-12-6-2-7-13-20)22(40-27)17-39-28(36)19-10-4-1-5-11-19/h1-15,18,22,25-27H,16-17H2,(H,34,35)/t22-,25-,26-,27-/m1/s1. The fraction of sp³-hybridized carbons (Fsp3) is 0.200. The van der Waals surface area contributed by atoms with E-state index in [1.807, 2.05) is 0 Å². The predicted octanol–water partition coefficient (Wildman–Crippen LogP) is 3.11. The summed E-state index contributed by atoms with van der Waals surface area (Å²) < 4.78 is 24.5. The van der Waals surface area contributed by atoms with Crippen LogP contribution in [-0.4, -0.2) is 68.7 Å². The zero-order chi connectivity index (χ0) is 29.5. The summed E-state index contributed by atoms with van der Waals surface area (Å²) in [7, 11) is 0. The molecular weight excluding hydrogens is 546 g/mol. The van der Waals surface area contributed by atoms with Gasteiger partial charge in [0.05, 0.1) is 16.7 Å². The minimum Gasteiger partial charge on any atom is -0.481 e. The molecule has 12 heteroatoms. The molecule has 0 unspecified atom stereocenters. The first-order valence-electron chi connectivity index (χ1n) is 12.9. The summed E-state index contributed by atoms with van der Waals surface area (Å²) in [6.07, 6.45) is -4.09. The highest BCUT2D eigenvalue weighted by Crippen LogP contribution is 2.35. The molecule has 0 saturated carbocycles. The van der Waals surface area contributed by atoms with Gasteiger partial charge >= 0.3 is 23.9 Å². The van der Waals surface area contributed by atoms with Crippen molar-refractivity contribution in [3.63, 3.8) is 0 Å². The number of carboxylic acids is 1. The normalized spacial score (nSPS) is 19.5. The third-order valence-electron chi connectivity index (χ3n) is 6.30. The van der Waals surface area contributed by atoms with Crippen LogP contribution in [0.25, 0.3) is 0 Å². The lowest BCUT2D eigenvalue weighted by molar-refractivity contribution is -0.136. The molecule has 42 heavy (non-hydrogen) atoms. The van der Waals surface area contributed by atoms with E-state index in [2.05, 4.69) is 10.1 Å². The largest absolute Gasteiger partial charge is 0.481 e. The highest BCUT2D eigenvalue weighted by Gasteiger charge is 2.52. The number of ether oxygens (including phenoxy) is 4. The molecule has 1 fully saturated rings. The lowest BCUT2D eigenvalue weighted by atomic mass is 10.1. The summed E-state index contributed by atoms with van der Waals surface area (Å²) in [6.45, 7) is -0.368. The Morgan fingerprint density at radius 2 is 1.24 bits per heavy atom. The van der Waals surface area contributed by atoms with Crippen molar-refractivity contribution in [3.05, 3.63) is 120 Å². The number of carboxylic acid groups (broad SMARTS) is 1. The Labute approximate surface area is 239 Å². The third kappa shape index (κ3) is 6.67. The maximum atomic E-state index is 13.2. The van der Waals surface area contributed by atoms with Gasteiger partial charge in [-0.1, -0.05) is 54.6 Å². The molecular formula is C30H25N3O9. The quantitative estimate of drug-likeness (QED) is 0.220. The molecule has 1 saturated heterocycles. The van der Waals surface area contributed by atoms with Crippen LogP contribution in [-0.2, 0) is 30.2 Å². The Morgan fingerprint density at radius 3 is 1.76 bits per heavy atom. The van der Waals surface area contributed by atoms with Crippen LogP contribution >= 0.6 is 0 Å². The second-order valence-electron chi connectivity index (χ2n) is 9.21. The molecule has 214 valence electrons. The van der Waals surface area contributed by atoms with Gasteiger partial charge < -0.3 is 24.1 Å². The Morgan fingerprint density at radius 1 is 0.738 bits per heavy atom. The van der Waals surface area contributed by atoms with Crippen LogP contribution in [0.5, 0.6) is 0 Å². The Bertz CT molecular complexity index is 1540. The van der Waals surface area contributed by atoms with Crippen LogP contribution in [0.2, 0.25) is 0 Å². The van der Waals surface area contributed by atoms with Gasteiger partial charge in [-0.05, 0) is 36.4 Å². The zero-order valence-corrected chi connectivity index (χ0v) is 22.0. The van der Waals surface area contributed by atoms with Crippen molar-refractivity contribution < 1.29 is 43.2 Å². The van der Waals surface area contributed by atoms with Gasteiger partial charge in [-0.15, -0.1) is 0 Å². The van der Waals surface area contributed by atoms with Crippen molar-refractivity contribution in [1.82, 2.24) is 14.8 Å². The average molecular weight is 572 g/mol. The number of esters is 3. The average Bonchev–Trinajstić information content (AvgIpc) is 3.61. The Hall–Kier alpha value is -5.36. The van der Waals surface area contributed by atoms with E-state index >= 15 is 0 Å². The molecule has 0 bridgehead atoms. The smallest absolute Gasteiger partial charge is 0.338 e. The minimum atomic E-state index is -1.29. The molecule has 0 spiro atoms. The SMILES string of the molecule is O=C(O)Cc1ncn([C@@H]2O[C@H](COC(=O)c3ccccc3)[C@@H](OC(=O)c3ccccc3)[C@H]2OC(=O)c2ccccc2)n1.